The number of carbonyl (C=O) groups excluding carboxylic acids is 1. The highest BCUT2D eigenvalue weighted by molar-refractivity contribution is 5.80. The third kappa shape index (κ3) is 5.98. The fourth-order valence-corrected chi connectivity index (χ4v) is 3.01. The summed E-state index contributed by atoms with van der Waals surface area (Å²) in [6.45, 7) is 5.39. The van der Waals surface area contributed by atoms with Crippen molar-refractivity contribution in [3.63, 3.8) is 0 Å². The standard InChI is InChI=1S/C23H27NO4/c1-23(2,3)28-22(27)24(4)19(15-16-20(25)26)21(17-11-7-5-8-12-17)18-13-9-6-10-14-18/h5-16,19,21H,1-4H3,(H,25,26). The summed E-state index contributed by atoms with van der Waals surface area (Å²) in [6, 6.07) is 18.9. The maximum atomic E-state index is 12.7. The van der Waals surface area contributed by atoms with Gasteiger partial charge >= 0.3 is 12.1 Å². The largest absolute Gasteiger partial charge is 0.478 e. The van der Waals surface area contributed by atoms with Gasteiger partial charge in [-0.15, -0.1) is 0 Å². The van der Waals surface area contributed by atoms with E-state index >= 15 is 0 Å². The molecule has 0 aliphatic rings. The van der Waals surface area contributed by atoms with Gasteiger partial charge in [0.25, 0.3) is 0 Å². The van der Waals surface area contributed by atoms with Crippen molar-refractivity contribution in [2.24, 2.45) is 0 Å². The first-order valence-corrected chi connectivity index (χ1v) is 9.16. The first kappa shape index (κ1) is 21.2. The highest BCUT2D eigenvalue weighted by Gasteiger charge is 2.31. The topological polar surface area (TPSA) is 66.8 Å². The number of carboxylic acid groups (broad SMARTS) is 1. The molecule has 2 rings (SSSR count). The predicted octanol–water partition coefficient (Wildman–Crippen LogP) is 4.69. The minimum Gasteiger partial charge on any atom is -0.478 e. The Hall–Kier alpha value is -3.08. The Kier molecular flexibility index (Phi) is 6.99. The molecule has 1 amide bonds. The van der Waals surface area contributed by atoms with Crippen molar-refractivity contribution in [1.82, 2.24) is 4.90 Å². The van der Waals surface area contributed by atoms with E-state index in [-0.39, 0.29) is 5.92 Å². The molecule has 0 radical (unpaired) electrons. The number of aliphatic carboxylic acids is 1. The van der Waals surface area contributed by atoms with E-state index in [0.717, 1.165) is 17.2 Å². The Balaban J connectivity index is 2.53. The van der Waals surface area contributed by atoms with Crippen LogP contribution in [0.2, 0.25) is 0 Å². The van der Waals surface area contributed by atoms with Gasteiger partial charge in [0.2, 0.25) is 0 Å². The van der Waals surface area contributed by atoms with Crippen molar-refractivity contribution in [3.05, 3.63) is 83.9 Å². The molecule has 0 aromatic heterocycles. The molecule has 0 saturated carbocycles. The molecule has 28 heavy (non-hydrogen) atoms. The number of ether oxygens (including phenoxy) is 1. The summed E-state index contributed by atoms with van der Waals surface area (Å²) in [7, 11) is 1.63. The summed E-state index contributed by atoms with van der Waals surface area (Å²) in [5.74, 6) is -1.32. The van der Waals surface area contributed by atoms with Crippen LogP contribution in [0.25, 0.3) is 0 Å². The Morgan fingerprint density at radius 3 is 1.82 bits per heavy atom. The molecule has 5 heteroatoms. The van der Waals surface area contributed by atoms with E-state index in [1.165, 1.54) is 11.0 Å². The number of likely N-dealkylation sites (N-methyl/N-ethyl adjacent to an activating group) is 1. The summed E-state index contributed by atoms with van der Waals surface area (Å²) in [5.41, 5.74) is 1.30. The monoisotopic (exact) mass is 381 g/mol. The van der Waals surface area contributed by atoms with Crippen LogP contribution in [-0.2, 0) is 9.53 Å². The zero-order valence-corrected chi connectivity index (χ0v) is 16.7. The van der Waals surface area contributed by atoms with Gasteiger partial charge in [-0.3, -0.25) is 0 Å². The molecule has 148 valence electrons. The number of hydrogen-bond donors (Lipinski definition) is 1. The lowest BCUT2D eigenvalue weighted by molar-refractivity contribution is -0.131. The van der Waals surface area contributed by atoms with Crippen molar-refractivity contribution in [2.45, 2.75) is 38.3 Å². The maximum absolute atomic E-state index is 12.7. The molecule has 1 atom stereocenters. The fraction of sp³-hybridized carbons (Fsp3) is 0.304. The van der Waals surface area contributed by atoms with Gasteiger partial charge in [-0.2, -0.15) is 0 Å². The number of benzene rings is 2. The van der Waals surface area contributed by atoms with Crippen molar-refractivity contribution in [2.75, 3.05) is 7.05 Å². The van der Waals surface area contributed by atoms with Crippen LogP contribution in [-0.4, -0.2) is 40.8 Å². The van der Waals surface area contributed by atoms with Gasteiger partial charge in [0.1, 0.15) is 5.60 Å². The lowest BCUT2D eigenvalue weighted by atomic mass is 9.84. The molecule has 1 N–H and O–H groups in total. The lowest BCUT2D eigenvalue weighted by Crippen LogP contribution is -2.43. The first-order chi connectivity index (χ1) is 13.2. The second kappa shape index (κ2) is 9.22. The van der Waals surface area contributed by atoms with E-state index in [9.17, 15) is 14.7 Å². The zero-order valence-electron chi connectivity index (χ0n) is 16.7. The quantitative estimate of drug-likeness (QED) is 0.737. The molecule has 2 aromatic rings. The lowest BCUT2D eigenvalue weighted by Gasteiger charge is -2.34. The molecule has 2 aromatic carbocycles. The molecule has 0 bridgehead atoms. The van der Waals surface area contributed by atoms with Gasteiger partial charge in [-0.1, -0.05) is 66.7 Å². The van der Waals surface area contributed by atoms with Crippen molar-refractivity contribution >= 4 is 12.1 Å². The third-order valence-electron chi connectivity index (χ3n) is 4.22. The van der Waals surface area contributed by atoms with Crippen LogP contribution >= 0.6 is 0 Å². The van der Waals surface area contributed by atoms with Crippen LogP contribution in [0.4, 0.5) is 4.79 Å². The third-order valence-corrected chi connectivity index (χ3v) is 4.22. The molecular weight excluding hydrogens is 354 g/mol. The van der Waals surface area contributed by atoms with Gasteiger partial charge in [0.15, 0.2) is 0 Å². The molecule has 0 spiro atoms. The van der Waals surface area contributed by atoms with Gasteiger partial charge in [-0.25, -0.2) is 9.59 Å². The van der Waals surface area contributed by atoms with E-state index in [2.05, 4.69) is 0 Å². The Bertz CT molecular complexity index is 770. The van der Waals surface area contributed by atoms with Gasteiger partial charge in [0.05, 0.1) is 6.04 Å². The summed E-state index contributed by atoms with van der Waals surface area (Å²) in [6.07, 6.45) is 2.10. The Labute approximate surface area is 166 Å². The molecule has 5 nitrogen and oxygen atoms in total. The van der Waals surface area contributed by atoms with Gasteiger partial charge in [0, 0.05) is 19.0 Å². The average molecular weight is 381 g/mol. The van der Waals surface area contributed by atoms with Crippen molar-refractivity contribution < 1.29 is 19.4 Å². The number of rotatable bonds is 6. The minimum absolute atomic E-state index is 0.254. The van der Waals surface area contributed by atoms with Crippen LogP contribution in [0.15, 0.2) is 72.8 Å². The highest BCUT2D eigenvalue weighted by Crippen LogP contribution is 2.32. The van der Waals surface area contributed by atoms with Gasteiger partial charge < -0.3 is 14.7 Å². The summed E-state index contributed by atoms with van der Waals surface area (Å²) < 4.78 is 5.51. The van der Waals surface area contributed by atoms with Crippen LogP contribution < -0.4 is 0 Å². The minimum atomic E-state index is -1.07. The number of nitrogens with zero attached hydrogens (tertiary/aromatic N) is 1. The summed E-state index contributed by atoms with van der Waals surface area (Å²) >= 11 is 0. The molecule has 0 aliphatic carbocycles. The fourth-order valence-electron chi connectivity index (χ4n) is 3.01. The zero-order chi connectivity index (χ0) is 20.7. The summed E-state index contributed by atoms with van der Waals surface area (Å²) in [5, 5.41) is 9.17. The second-order valence-corrected chi connectivity index (χ2v) is 7.58. The summed E-state index contributed by atoms with van der Waals surface area (Å²) in [4.78, 5) is 25.4. The Morgan fingerprint density at radius 2 is 1.43 bits per heavy atom. The maximum Gasteiger partial charge on any atom is 0.410 e. The highest BCUT2D eigenvalue weighted by atomic mass is 16.6. The van der Waals surface area contributed by atoms with Crippen LogP contribution in [0, 0.1) is 0 Å². The number of carboxylic acids is 1. The van der Waals surface area contributed by atoms with Crippen molar-refractivity contribution in [3.8, 4) is 0 Å². The van der Waals surface area contributed by atoms with E-state index < -0.39 is 23.7 Å². The Morgan fingerprint density at radius 1 is 0.964 bits per heavy atom. The van der Waals surface area contributed by atoms with Crippen LogP contribution in [0.1, 0.15) is 37.8 Å². The molecule has 0 aliphatic heterocycles. The van der Waals surface area contributed by atoms with Crippen molar-refractivity contribution in [1.29, 1.82) is 0 Å². The van der Waals surface area contributed by atoms with E-state index in [1.807, 2.05) is 60.7 Å². The predicted molar refractivity (Wildman–Crippen MR) is 109 cm³/mol. The van der Waals surface area contributed by atoms with Crippen LogP contribution in [0.3, 0.4) is 0 Å². The SMILES string of the molecule is CN(C(=O)OC(C)(C)C)C(C=CC(=O)O)C(c1ccccc1)c1ccccc1. The smallest absolute Gasteiger partial charge is 0.410 e. The van der Waals surface area contributed by atoms with E-state index in [1.54, 1.807) is 27.8 Å². The van der Waals surface area contributed by atoms with E-state index in [0.29, 0.717) is 0 Å². The molecule has 0 heterocycles. The normalized spacial score (nSPS) is 12.8. The molecule has 1 unspecified atom stereocenters. The number of hydrogen-bond acceptors (Lipinski definition) is 3. The van der Waals surface area contributed by atoms with Crippen LogP contribution in [0.5, 0.6) is 0 Å². The molecule has 0 fully saturated rings. The molecular formula is C23H27NO4. The number of amides is 1. The second-order valence-electron chi connectivity index (χ2n) is 7.58. The van der Waals surface area contributed by atoms with Gasteiger partial charge in [-0.05, 0) is 31.9 Å². The average Bonchev–Trinajstić information content (AvgIpc) is 2.64. The van der Waals surface area contributed by atoms with E-state index in [4.69, 9.17) is 4.74 Å². The number of carbonyl (C=O) groups is 2. The first-order valence-electron chi connectivity index (χ1n) is 9.16. The molecule has 0 saturated heterocycles.